The second kappa shape index (κ2) is 2.61. The molecule has 0 radical (unpaired) electrons. The van der Waals surface area contributed by atoms with E-state index in [-0.39, 0.29) is 0 Å². The lowest BCUT2D eigenvalue weighted by atomic mass is 9.67. The van der Waals surface area contributed by atoms with Gasteiger partial charge in [-0.2, -0.15) is 0 Å². The number of allylic oxidation sites excluding steroid dienone is 2. The fourth-order valence-electron chi connectivity index (χ4n) is 3.06. The SMILES string of the molecule is CC1=C2CCCC2C(C)(C)CC1. The van der Waals surface area contributed by atoms with Crippen molar-refractivity contribution in [1.29, 1.82) is 0 Å². The molecule has 0 N–H and O–H groups in total. The van der Waals surface area contributed by atoms with Crippen LogP contribution in [-0.4, -0.2) is 0 Å². The average Bonchev–Trinajstić information content (AvgIpc) is 2.46. The Morgan fingerprint density at radius 3 is 2.67 bits per heavy atom. The number of hydrogen-bond acceptors (Lipinski definition) is 0. The first-order valence-corrected chi connectivity index (χ1v) is 5.30. The van der Waals surface area contributed by atoms with E-state index in [0.29, 0.717) is 5.41 Å². The molecule has 0 aliphatic heterocycles. The molecule has 0 amide bonds. The fourth-order valence-corrected chi connectivity index (χ4v) is 3.06. The minimum atomic E-state index is 0.603. The van der Waals surface area contributed by atoms with Crippen molar-refractivity contribution in [2.24, 2.45) is 11.3 Å². The van der Waals surface area contributed by atoms with Crippen LogP contribution in [0.4, 0.5) is 0 Å². The van der Waals surface area contributed by atoms with Gasteiger partial charge in [0.2, 0.25) is 0 Å². The van der Waals surface area contributed by atoms with Crippen LogP contribution in [0.15, 0.2) is 11.1 Å². The van der Waals surface area contributed by atoms with E-state index < -0.39 is 0 Å². The summed E-state index contributed by atoms with van der Waals surface area (Å²) in [5.41, 5.74) is 4.15. The molecule has 12 heavy (non-hydrogen) atoms. The van der Waals surface area contributed by atoms with E-state index in [4.69, 9.17) is 0 Å². The van der Waals surface area contributed by atoms with Gasteiger partial charge in [-0.15, -0.1) is 0 Å². The van der Waals surface area contributed by atoms with E-state index in [0.717, 1.165) is 5.92 Å². The van der Waals surface area contributed by atoms with Gasteiger partial charge in [-0.25, -0.2) is 0 Å². The Bertz CT molecular complexity index is 220. The molecule has 0 heterocycles. The first kappa shape index (κ1) is 8.34. The summed E-state index contributed by atoms with van der Waals surface area (Å²) in [5, 5.41) is 0. The van der Waals surface area contributed by atoms with E-state index in [2.05, 4.69) is 20.8 Å². The molecule has 2 rings (SSSR count). The summed E-state index contributed by atoms with van der Waals surface area (Å²) < 4.78 is 0. The minimum absolute atomic E-state index is 0.603. The van der Waals surface area contributed by atoms with E-state index in [1.54, 1.807) is 5.57 Å². The Morgan fingerprint density at radius 2 is 2.00 bits per heavy atom. The third-order valence-electron chi connectivity index (χ3n) is 4.00. The molecule has 2 aliphatic rings. The number of fused-ring (bicyclic) bond motifs is 1. The van der Waals surface area contributed by atoms with E-state index >= 15 is 0 Å². The van der Waals surface area contributed by atoms with Crippen molar-refractivity contribution in [3.05, 3.63) is 11.1 Å². The molecule has 1 saturated carbocycles. The summed E-state index contributed by atoms with van der Waals surface area (Å²) in [6.45, 7) is 7.26. The van der Waals surface area contributed by atoms with Crippen LogP contribution in [0, 0.1) is 11.3 Å². The highest BCUT2D eigenvalue weighted by Crippen LogP contribution is 2.51. The maximum atomic E-state index is 2.45. The highest BCUT2D eigenvalue weighted by Gasteiger charge is 2.38. The van der Waals surface area contributed by atoms with Gasteiger partial charge in [-0.1, -0.05) is 25.0 Å². The van der Waals surface area contributed by atoms with Crippen LogP contribution in [0.1, 0.15) is 52.9 Å². The summed E-state index contributed by atoms with van der Waals surface area (Å²) in [4.78, 5) is 0. The standard InChI is InChI=1S/C12H20/c1-9-7-8-12(2,3)11-6-4-5-10(9)11/h11H,4-8H2,1-3H3. The van der Waals surface area contributed by atoms with Gasteiger partial charge in [0.25, 0.3) is 0 Å². The van der Waals surface area contributed by atoms with Crippen LogP contribution in [0.25, 0.3) is 0 Å². The van der Waals surface area contributed by atoms with Gasteiger partial charge in [0.1, 0.15) is 0 Å². The smallest absolute Gasteiger partial charge is 0.0149 e. The molecule has 0 bridgehead atoms. The van der Waals surface area contributed by atoms with Gasteiger partial charge >= 0.3 is 0 Å². The monoisotopic (exact) mass is 164 g/mol. The third-order valence-corrected chi connectivity index (χ3v) is 4.00. The van der Waals surface area contributed by atoms with Gasteiger partial charge in [0.05, 0.1) is 0 Å². The molecule has 0 nitrogen and oxygen atoms in total. The predicted octanol–water partition coefficient (Wildman–Crippen LogP) is 3.92. The van der Waals surface area contributed by atoms with Crippen molar-refractivity contribution in [3.8, 4) is 0 Å². The molecular formula is C12H20. The fraction of sp³-hybridized carbons (Fsp3) is 0.833. The Labute approximate surface area is 76.1 Å². The molecule has 0 aromatic rings. The zero-order valence-electron chi connectivity index (χ0n) is 8.61. The Balaban J connectivity index is 2.34. The zero-order valence-corrected chi connectivity index (χ0v) is 8.61. The summed E-state index contributed by atoms with van der Waals surface area (Å²) in [7, 11) is 0. The Morgan fingerprint density at radius 1 is 1.25 bits per heavy atom. The second-order valence-electron chi connectivity index (χ2n) is 5.24. The molecule has 1 atom stereocenters. The molecule has 68 valence electrons. The molecule has 0 aromatic heterocycles. The van der Waals surface area contributed by atoms with Crippen LogP contribution in [-0.2, 0) is 0 Å². The van der Waals surface area contributed by atoms with Gasteiger partial charge in [0, 0.05) is 0 Å². The largest absolute Gasteiger partial charge is 0.0738 e. The quantitative estimate of drug-likeness (QED) is 0.476. The molecule has 2 aliphatic carbocycles. The first-order valence-electron chi connectivity index (χ1n) is 5.30. The van der Waals surface area contributed by atoms with Crippen LogP contribution < -0.4 is 0 Å². The van der Waals surface area contributed by atoms with Gasteiger partial charge in [-0.3, -0.25) is 0 Å². The molecule has 1 fully saturated rings. The Hall–Kier alpha value is -0.260. The average molecular weight is 164 g/mol. The van der Waals surface area contributed by atoms with Crippen molar-refractivity contribution >= 4 is 0 Å². The van der Waals surface area contributed by atoms with E-state index in [1.807, 2.05) is 5.57 Å². The molecular weight excluding hydrogens is 144 g/mol. The lowest BCUT2D eigenvalue weighted by Gasteiger charge is -2.38. The predicted molar refractivity (Wildman–Crippen MR) is 53.1 cm³/mol. The van der Waals surface area contributed by atoms with Crippen molar-refractivity contribution in [1.82, 2.24) is 0 Å². The van der Waals surface area contributed by atoms with Crippen LogP contribution in [0.2, 0.25) is 0 Å². The highest BCUT2D eigenvalue weighted by atomic mass is 14.4. The maximum absolute atomic E-state index is 2.45. The maximum Gasteiger partial charge on any atom is -0.0149 e. The van der Waals surface area contributed by atoms with Crippen molar-refractivity contribution in [2.75, 3.05) is 0 Å². The summed E-state index contributed by atoms with van der Waals surface area (Å²) in [6, 6.07) is 0. The highest BCUT2D eigenvalue weighted by molar-refractivity contribution is 5.24. The zero-order chi connectivity index (χ0) is 8.77. The molecule has 1 unspecified atom stereocenters. The van der Waals surface area contributed by atoms with E-state index in [1.165, 1.54) is 32.1 Å². The normalized spacial score (nSPS) is 33.8. The minimum Gasteiger partial charge on any atom is -0.0738 e. The summed E-state index contributed by atoms with van der Waals surface area (Å²) in [5.74, 6) is 0.936. The Kier molecular flexibility index (Phi) is 1.82. The van der Waals surface area contributed by atoms with Gasteiger partial charge in [-0.05, 0) is 50.4 Å². The lowest BCUT2D eigenvalue weighted by Crippen LogP contribution is -2.27. The van der Waals surface area contributed by atoms with Crippen molar-refractivity contribution in [3.63, 3.8) is 0 Å². The van der Waals surface area contributed by atoms with Crippen molar-refractivity contribution < 1.29 is 0 Å². The van der Waals surface area contributed by atoms with E-state index in [9.17, 15) is 0 Å². The third kappa shape index (κ3) is 1.12. The van der Waals surface area contributed by atoms with Gasteiger partial charge < -0.3 is 0 Å². The molecule has 0 heteroatoms. The van der Waals surface area contributed by atoms with Crippen LogP contribution in [0.3, 0.4) is 0 Å². The number of hydrogen-bond donors (Lipinski definition) is 0. The van der Waals surface area contributed by atoms with Crippen LogP contribution >= 0.6 is 0 Å². The lowest BCUT2D eigenvalue weighted by molar-refractivity contribution is 0.216. The van der Waals surface area contributed by atoms with Gasteiger partial charge in [0.15, 0.2) is 0 Å². The van der Waals surface area contributed by atoms with Crippen LogP contribution in [0.5, 0.6) is 0 Å². The number of rotatable bonds is 0. The second-order valence-corrected chi connectivity index (χ2v) is 5.24. The topological polar surface area (TPSA) is 0 Å². The molecule has 0 saturated heterocycles. The summed E-state index contributed by atoms with van der Waals surface area (Å²) in [6.07, 6.45) is 7.08. The first-order chi connectivity index (χ1) is 5.61. The molecule has 0 spiro atoms. The summed E-state index contributed by atoms with van der Waals surface area (Å²) >= 11 is 0. The van der Waals surface area contributed by atoms with Crippen molar-refractivity contribution in [2.45, 2.75) is 52.9 Å². The molecule has 0 aromatic carbocycles.